The maximum absolute atomic E-state index is 14.0. The van der Waals surface area contributed by atoms with Gasteiger partial charge in [0.15, 0.2) is 0 Å². The van der Waals surface area contributed by atoms with Gasteiger partial charge in [-0.3, -0.25) is 0 Å². The Morgan fingerprint density at radius 3 is 2.40 bits per heavy atom. The summed E-state index contributed by atoms with van der Waals surface area (Å²) in [5.41, 5.74) is 1.55. The molecule has 0 aromatic heterocycles. The first kappa shape index (κ1) is 15.6. The van der Waals surface area contributed by atoms with Gasteiger partial charge in [0.1, 0.15) is 5.82 Å². The van der Waals surface area contributed by atoms with E-state index in [9.17, 15) is 4.39 Å². The standard InChI is InChI=1S/C15H13Cl3FN/c1-20-15(11-4-3-10(16)8-14(11)19)7-9-2-5-12(17)13(18)6-9/h2-6,8,15,20H,7H2,1H3. The molecular weight excluding hydrogens is 320 g/mol. The number of rotatable bonds is 4. The fraction of sp³-hybridized carbons (Fsp3) is 0.200. The molecule has 0 aliphatic rings. The first-order valence-corrected chi connectivity index (χ1v) is 7.21. The molecule has 0 radical (unpaired) electrons. The average Bonchev–Trinajstić information content (AvgIpc) is 2.41. The normalized spacial score (nSPS) is 12.4. The van der Waals surface area contributed by atoms with Crippen LogP contribution in [0.15, 0.2) is 36.4 Å². The molecule has 0 heterocycles. The third kappa shape index (κ3) is 3.64. The molecule has 2 aromatic carbocycles. The Balaban J connectivity index is 2.26. The van der Waals surface area contributed by atoms with E-state index < -0.39 is 0 Å². The third-order valence-corrected chi connectivity index (χ3v) is 4.08. The van der Waals surface area contributed by atoms with E-state index in [0.29, 0.717) is 27.1 Å². The molecule has 2 aromatic rings. The second-order valence-corrected chi connectivity index (χ2v) is 5.71. The van der Waals surface area contributed by atoms with Crippen molar-refractivity contribution in [2.75, 3.05) is 7.05 Å². The summed E-state index contributed by atoms with van der Waals surface area (Å²) in [5, 5.41) is 4.49. The molecule has 1 unspecified atom stereocenters. The zero-order chi connectivity index (χ0) is 14.7. The molecular formula is C15H13Cl3FN. The van der Waals surface area contributed by atoms with Crippen LogP contribution in [0.3, 0.4) is 0 Å². The Kier molecular flexibility index (Phi) is 5.28. The summed E-state index contributed by atoms with van der Waals surface area (Å²) in [6.07, 6.45) is 0.603. The molecule has 0 fully saturated rings. The summed E-state index contributed by atoms with van der Waals surface area (Å²) in [6, 6.07) is 9.94. The second kappa shape index (κ2) is 6.77. The largest absolute Gasteiger partial charge is 0.313 e. The summed E-state index contributed by atoms with van der Waals surface area (Å²) in [4.78, 5) is 0. The van der Waals surface area contributed by atoms with Crippen molar-refractivity contribution in [3.8, 4) is 0 Å². The Morgan fingerprint density at radius 1 is 1.05 bits per heavy atom. The van der Waals surface area contributed by atoms with Crippen LogP contribution in [0.2, 0.25) is 15.1 Å². The Morgan fingerprint density at radius 2 is 1.80 bits per heavy atom. The van der Waals surface area contributed by atoms with E-state index in [1.54, 1.807) is 31.3 Å². The van der Waals surface area contributed by atoms with Gasteiger partial charge in [0.2, 0.25) is 0 Å². The van der Waals surface area contributed by atoms with Crippen molar-refractivity contribution in [3.63, 3.8) is 0 Å². The van der Waals surface area contributed by atoms with Crippen molar-refractivity contribution in [3.05, 3.63) is 68.4 Å². The van der Waals surface area contributed by atoms with Crippen molar-refractivity contribution >= 4 is 34.8 Å². The van der Waals surface area contributed by atoms with E-state index in [2.05, 4.69) is 5.32 Å². The average molecular weight is 333 g/mol. The summed E-state index contributed by atoms with van der Waals surface area (Å²) in [6.45, 7) is 0. The zero-order valence-corrected chi connectivity index (χ0v) is 13.0. The molecule has 0 bridgehead atoms. The van der Waals surface area contributed by atoms with Crippen LogP contribution < -0.4 is 5.32 Å². The molecule has 1 nitrogen and oxygen atoms in total. The highest BCUT2D eigenvalue weighted by Crippen LogP contribution is 2.27. The number of likely N-dealkylation sites (N-methyl/N-ethyl adjacent to an activating group) is 1. The Hall–Kier alpha value is -0.800. The topological polar surface area (TPSA) is 12.0 Å². The highest BCUT2D eigenvalue weighted by atomic mass is 35.5. The number of benzene rings is 2. The van der Waals surface area contributed by atoms with Crippen LogP contribution in [0.4, 0.5) is 4.39 Å². The number of hydrogen-bond acceptors (Lipinski definition) is 1. The van der Waals surface area contributed by atoms with Crippen LogP contribution >= 0.6 is 34.8 Å². The van der Waals surface area contributed by atoms with Crippen molar-refractivity contribution in [1.82, 2.24) is 5.32 Å². The molecule has 2 rings (SSSR count). The lowest BCUT2D eigenvalue weighted by molar-refractivity contribution is 0.534. The van der Waals surface area contributed by atoms with Gasteiger partial charge in [-0.2, -0.15) is 0 Å². The van der Waals surface area contributed by atoms with Gasteiger partial charge >= 0.3 is 0 Å². The van der Waals surface area contributed by atoms with E-state index in [-0.39, 0.29) is 11.9 Å². The van der Waals surface area contributed by atoms with Gasteiger partial charge in [0.05, 0.1) is 10.0 Å². The first-order chi connectivity index (χ1) is 9.51. The van der Waals surface area contributed by atoms with E-state index in [4.69, 9.17) is 34.8 Å². The van der Waals surface area contributed by atoms with Gasteiger partial charge in [-0.05, 0) is 43.3 Å². The van der Waals surface area contributed by atoms with E-state index in [1.807, 2.05) is 6.07 Å². The lowest BCUT2D eigenvalue weighted by Crippen LogP contribution is -2.20. The molecule has 20 heavy (non-hydrogen) atoms. The van der Waals surface area contributed by atoms with Gasteiger partial charge in [0, 0.05) is 16.6 Å². The van der Waals surface area contributed by atoms with Crippen molar-refractivity contribution in [1.29, 1.82) is 0 Å². The minimum Gasteiger partial charge on any atom is -0.313 e. The van der Waals surface area contributed by atoms with E-state index >= 15 is 0 Å². The maximum Gasteiger partial charge on any atom is 0.129 e. The Labute approximate surface area is 132 Å². The van der Waals surface area contributed by atoms with E-state index in [0.717, 1.165) is 5.56 Å². The van der Waals surface area contributed by atoms with Crippen LogP contribution in [0.25, 0.3) is 0 Å². The van der Waals surface area contributed by atoms with Crippen LogP contribution in [-0.4, -0.2) is 7.05 Å². The van der Waals surface area contributed by atoms with Crippen molar-refractivity contribution < 1.29 is 4.39 Å². The zero-order valence-electron chi connectivity index (χ0n) is 10.8. The molecule has 0 saturated carbocycles. The van der Waals surface area contributed by atoms with Gasteiger partial charge in [-0.1, -0.05) is 46.9 Å². The summed E-state index contributed by atoms with van der Waals surface area (Å²) >= 11 is 17.7. The molecule has 106 valence electrons. The monoisotopic (exact) mass is 331 g/mol. The molecule has 0 aliphatic carbocycles. The van der Waals surface area contributed by atoms with Crippen LogP contribution in [-0.2, 0) is 6.42 Å². The Bertz CT molecular complexity index is 616. The maximum atomic E-state index is 14.0. The summed E-state index contributed by atoms with van der Waals surface area (Å²) in [7, 11) is 1.79. The quantitative estimate of drug-likeness (QED) is 0.802. The molecule has 0 amide bonds. The minimum atomic E-state index is -0.322. The summed E-state index contributed by atoms with van der Waals surface area (Å²) < 4.78 is 14.0. The fourth-order valence-electron chi connectivity index (χ4n) is 2.05. The predicted octanol–water partition coefficient (Wildman–Crippen LogP) is 5.29. The van der Waals surface area contributed by atoms with Gasteiger partial charge in [-0.15, -0.1) is 0 Å². The molecule has 0 spiro atoms. The van der Waals surface area contributed by atoms with Crippen molar-refractivity contribution in [2.45, 2.75) is 12.5 Å². The van der Waals surface area contributed by atoms with Crippen LogP contribution in [0.5, 0.6) is 0 Å². The number of halogens is 4. The van der Waals surface area contributed by atoms with E-state index in [1.165, 1.54) is 6.07 Å². The predicted molar refractivity (Wildman–Crippen MR) is 83.4 cm³/mol. The third-order valence-electron chi connectivity index (χ3n) is 3.11. The van der Waals surface area contributed by atoms with Crippen LogP contribution in [0.1, 0.15) is 17.2 Å². The van der Waals surface area contributed by atoms with Crippen molar-refractivity contribution in [2.24, 2.45) is 0 Å². The highest BCUT2D eigenvalue weighted by Gasteiger charge is 2.15. The number of nitrogens with one attached hydrogen (secondary N) is 1. The van der Waals surface area contributed by atoms with Gasteiger partial charge in [-0.25, -0.2) is 4.39 Å². The second-order valence-electron chi connectivity index (χ2n) is 4.46. The lowest BCUT2D eigenvalue weighted by Gasteiger charge is -2.18. The number of hydrogen-bond donors (Lipinski definition) is 1. The first-order valence-electron chi connectivity index (χ1n) is 6.07. The SMILES string of the molecule is CNC(Cc1ccc(Cl)c(Cl)c1)c1ccc(Cl)cc1F. The molecule has 0 saturated heterocycles. The highest BCUT2D eigenvalue weighted by molar-refractivity contribution is 6.42. The minimum absolute atomic E-state index is 0.162. The summed E-state index contributed by atoms with van der Waals surface area (Å²) in [5.74, 6) is -0.322. The van der Waals surface area contributed by atoms with Gasteiger partial charge in [0.25, 0.3) is 0 Å². The fourth-order valence-corrected chi connectivity index (χ4v) is 2.53. The smallest absolute Gasteiger partial charge is 0.129 e. The molecule has 0 aliphatic heterocycles. The van der Waals surface area contributed by atoms with Gasteiger partial charge < -0.3 is 5.32 Å². The molecule has 1 N–H and O–H groups in total. The van der Waals surface area contributed by atoms with Crippen LogP contribution in [0, 0.1) is 5.82 Å². The molecule has 1 atom stereocenters. The lowest BCUT2D eigenvalue weighted by atomic mass is 9.98. The molecule has 5 heteroatoms.